The van der Waals surface area contributed by atoms with Gasteiger partial charge in [-0.05, 0) is 19.1 Å². The highest BCUT2D eigenvalue weighted by Crippen LogP contribution is 2.32. The van der Waals surface area contributed by atoms with E-state index in [0.717, 1.165) is 11.0 Å². The van der Waals surface area contributed by atoms with Gasteiger partial charge in [0.15, 0.2) is 0 Å². The Kier molecular flexibility index (Phi) is 2.14. The third-order valence-corrected chi connectivity index (χ3v) is 4.13. The second-order valence-electron chi connectivity index (χ2n) is 6.07. The van der Waals surface area contributed by atoms with Crippen LogP contribution in [0.2, 0.25) is 0 Å². The molecule has 2 aromatic rings. The van der Waals surface area contributed by atoms with Crippen molar-refractivity contribution in [3.05, 3.63) is 35.0 Å². The fourth-order valence-corrected chi connectivity index (χ4v) is 3.10. The Morgan fingerprint density at radius 1 is 1.24 bits per heavy atom. The van der Waals surface area contributed by atoms with Crippen molar-refractivity contribution in [3.63, 3.8) is 0 Å². The van der Waals surface area contributed by atoms with Crippen molar-refractivity contribution in [1.29, 1.82) is 0 Å². The van der Waals surface area contributed by atoms with Gasteiger partial charge in [0.25, 0.3) is 0 Å². The van der Waals surface area contributed by atoms with E-state index in [2.05, 4.69) is 50.8 Å². The summed E-state index contributed by atoms with van der Waals surface area (Å²) >= 11 is 0. The molecular formula is C15H21N2+. The van der Waals surface area contributed by atoms with E-state index in [0.29, 0.717) is 0 Å². The third kappa shape index (κ3) is 1.59. The van der Waals surface area contributed by atoms with Crippen LogP contribution < -0.4 is 0 Å². The summed E-state index contributed by atoms with van der Waals surface area (Å²) in [7, 11) is 6.87. The molecule has 90 valence electrons. The van der Waals surface area contributed by atoms with E-state index < -0.39 is 0 Å². The molecule has 0 unspecified atom stereocenters. The largest absolute Gasteiger partial charge is 0.347 e. The Morgan fingerprint density at radius 2 is 2.00 bits per heavy atom. The molecule has 1 aromatic carbocycles. The van der Waals surface area contributed by atoms with E-state index in [1.54, 1.807) is 11.3 Å². The molecule has 1 aromatic heterocycles. The van der Waals surface area contributed by atoms with Crippen molar-refractivity contribution in [1.82, 2.24) is 4.57 Å². The van der Waals surface area contributed by atoms with Gasteiger partial charge in [-0.15, -0.1) is 0 Å². The molecule has 2 nitrogen and oxygen atoms in total. The lowest BCUT2D eigenvalue weighted by Gasteiger charge is -2.34. The minimum absolute atomic E-state index is 1.11. The summed E-state index contributed by atoms with van der Waals surface area (Å²) in [6.07, 6.45) is 1.20. The zero-order chi connectivity index (χ0) is 12.2. The van der Waals surface area contributed by atoms with Crippen LogP contribution in [0.1, 0.15) is 16.8 Å². The average Bonchev–Trinajstić information content (AvgIpc) is 2.51. The Bertz CT molecular complexity index is 590. The number of aromatic nitrogens is 1. The van der Waals surface area contributed by atoms with Gasteiger partial charge in [0.05, 0.1) is 20.6 Å². The maximum atomic E-state index is 2.39. The van der Waals surface area contributed by atoms with E-state index in [1.807, 2.05) is 0 Å². The van der Waals surface area contributed by atoms with Crippen LogP contribution in [0.4, 0.5) is 0 Å². The molecule has 0 saturated carbocycles. The van der Waals surface area contributed by atoms with Crippen molar-refractivity contribution in [2.24, 2.45) is 7.05 Å². The summed E-state index contributed by atoms with van der Waals surface area (Å²) in [5.74, 6) is 0. The van der Waals surface area contributed by atoms with Crippen molar-refractivity contribution in [2.75, 3.05) is 20.6 Å². The molecule has 17 heavy (non-hydrogen) atoms. The predicted octanol–water partition coefficient (Wildman–Crippen LogP) is 2.62. The fraction of sp³-hybridized carbons (Fsp3) is 0.467. The number of likely N-dealkylation sites (N-methyl/N-ethyl adjacent to an activating group) is 1. The number of benzene rings is 1. The second kappa shape index (κ2) is 3.36. The van der Waals surface area contributed by atoms with E-state index in [4.69, 9.17) is 0 Å². The molecule has 0 radical (unpaired) electrons. The number of quaternary nitrogens is 1. The fourth-order valence-electron chi connectivity index (χ4n) is 3.10. The van der Waals surface area contributed by atoms with Crippen LogP contribution in [0.3, 0.4) is 0 Å². The highest BCUT2D eigenvalue weighted by Gasteiger charge is 2.28. The normalized spacial score (nSPS) is 18.4. The molecule has 1 aliphatic rings. The molecule has 0 spiro atoms. The molecule has 0 amide bonds. The molecule has 0 saturated heterocycles. The zero-order valence-electron chi connectivity index (χ0n) is 11.2. The van der Waals surface area contributed by atoms with Crippen molar-refractivity contribution >= 4 is 10.9 Å². The lowest BCUT2D eigenvalue weighted by atomic mass is 10.0. The zero-order valence-corrected chi connectivity index (χ0v) is 11.2. The minimum Gasteiger partial charge on any atom is -0.347 e. The maximum Gasteiger partial charge on any atom is 0.106 e. The molecule has 2 heterocycles. The SMILES string of the molecule is Cc1ccc2c(c1)c1c(n2C)CC[N+](C)(C)C1. The number of hydrogen-bond donors (Lipinski definition) is 0. The van der Waals surface area contributed by atoms with Crippen LogP contribution in [-0.2, 0) is 20.0 Å². The van der Waals surface area contributed by atoms with Crippen LogP contribution in [0, 0.1) is 6.92 Å². The quantitative estimate of drug-likeness (QED) is 0.612. The number of hydrogen-bond acceptors (Lipinski definition) is 0. The predicted molar refractivity (Wildman–Crippen MR) is 72.0 cm³/mol. The third-order valence-electron chi connectivity index (χ3n) is 4.13. The van der Waals surface area contributed by atoms with Gasteiger partial charge in [-0.2, -0.15) is 0 Å². The minimum atomic E-state index is 1.11. The van der Waals surface area contributed by atoms with Gasteiger partial charge in [0.1, 0.15) is 6.54 Å². The van der Waals surface area contributed by atoms with Crippen LogP contribution >= 0.6 is 0 Å². The first-order valence-electron chi connectivity index (χ1n) is 6.37. The lowest BCUT2D eigenvalue weighted by Crippen LogP contribution is -2.43. The molecule has 0 bridgehead atoms. The number of rotatable bonds is 0. The van der Waals surface area contributed by atoms with Crippen LogP contribution in [0.25, 0.3) is 10.9 Å². The van der Waals surface area contributed by atoms with Gasteiger partial charge in [-0.3, -0.25) is 0 Å². The molecule has 0 fully saturated rings. The molecule has 0 aliphatic carbocycles. The number of aryl methyl sites for hydroxylation is 2. The first-order valence-corrected chi connectivity index (χ1v) is 6.37. The second-order valence-corrected chi connectivity index (χ2v) is 6.07. The number of fused-ring (bicyclic) bond motifs is 3. The molecule has 0 N–H and O–H groups in total. The smallest absolute Gasteiger partial charge is 0.106 e. The maximum absolute atomic E-state index is 2.39. The summed E-state index contributed by atoms with van der Waals surface area (Å²) in [6.45, 7) is 4.59. The van der Waals surface area contributed by atoms with Gasteiger partial charge >= 0.3 is 0 Å². The summed E-state index contributed by atoms with van der Waals surface area (Å²) in [5.41, 5.74) is 5.87. The van der Waals surface area contributed by atoms with E-state index in [1.165, 1.54) is 29.4 Å². The van der Waals surface area contributed by atoms with E-state index in [-0.39, 0.29) is 0 Å². The van der Waals surface area contributed by atoms with Crippen LogP contribution in [0.5, 0.6) is 0 Å². The molecule has 0 atom stereocenters. The van der Waals surface area contributed by atoms with Gasteiger partial charge in [0.2, 0.25) is 0 Å². The standard InChI is InChI=1S/C15H21N2/c1-11-5-6-14-12(9-11)13-10-17(3,4)8-7-15(13)16(14)2/h5-6,9H,7-8,10H2,1-4H3/q+1. The monoisotopic (exact) mass is 229 g/mol. The van der Waals surface area contributed by atoms with E-state index in [9.17, 15) is 0 Å². The van der Waals surface area contributed by atoms with Crippen LogP contribution in [0.15, 0.2) is 18.2 Å². The summed E-state index contributed by atoms with van der Waals surface area (Å²) in [5, 5.41) is 1.47. The van der Waals surface area contributed by atoms with Crippen LogP contribution in [-0.4, -0.2) is 29.7 Å². The van der Waals surface area contributed by atoms with E-state index >= 15 is 0 Å². The van der Waals surface area contributed by atoms with Gasteiger partial charge in [-0.1, -0.05) is 11.6 Å². The van der Waals surface area contributed by atoms with Crippen molar-refractivity contribution in [3.8, 4) is 0 Å². The van der Waals surface area contributed by atoms with Crippen molar-refractivity contribution < 1.29 is 4.48 Å². The Balaban J connectivity index is 2.30. The topological polar surface area (TPSA) is 4.93 Å². The highest BCUT2D eigenvalue weighted by atomic mass is 15.3. The van der Waals surface area contributed by atoms with Gasteiger partial charge in [-0.25, -0.2) is 0 Å². The summed E-state index contributed by atoms with van der Waals surface area (Å²) < 4.78 is 3.50. The molecule has 2 heteroatoms. The van der Waals surface area contributed by atoms with Crippen molar-refractivity contribution in [2.45, 2.75) is 19.9 Å². The first kappa shape index (κ1) is 10.8. The summed E-state index contributed by atoms with van der Waals surface area (Å²) in [6, 6.07) is 6.83. The Morgan fingerprint density at radius 3 is 2.76 bits per heavy atom. The Labute approximate surface area is 103 Å². The van der Waals surface area contributed by atoms with Gasteiger partial charge in [0, 0.05) is 35.6 Å². The molecule has 1 aliphatic heterocycles. The Hall–Kier alpha value is -1.28. The molecular weight excluding hydrogens is 208 g/mol. The number of nitrogens with zero attached hydrogens (tertiary/aromatic N) is 2. The lowest BCUT2D eigenvalue weighted by molar-refractivity contribution is -0.905. The first-order chi connectivity index (χ1) is 7.98. The molecule has 3 rings (SSSR count). The summed E-state index contributed by atoms with van der Waals surface area (Å²) in [4.78, 5) is 0. The average molecular weight is 229 g/mol. The highest BCUT2D eigenvalue weighted by molar-refractivity contribution is 5.86. The van der Waals surface area contributed by atoms with Gasteiger partial charge < -0.3 is 9.05 Å².